The van der Waals surface area contributed by atoms with E-state index in [-0.39, 0.29) is 5.92 Å². The summed E-state index contributed by atoms with van der Waals surface area (Å²) in [7, 11) is 0. The van der Waals surface area contributed by atoms with Crippen molar-refractivity contribution < 1.29 is 19.6 Å². The van der Waals surface area contributed by atoms with Crippen molar-refractivity contribution >= 4 is 5.97 Å². The van der Waals surface area contributed by atoms with Crippen molar-refractivity contribution in [3.8, 4) is 0 Å². The molecule has 0 saturated carbocycles. The predicted molar refractivity (Wildman–Crippen MR) is 65.8 cm³/mol. The summed E-state index contributed by atoms with van der Waals surface area (Å²) in [5.41, 5.74) is -0.502. The molecule has 17 heavy (non-hydrogen) atoms. The van der Waals surface area contributed by atoms with Gasteiger partial charge in [-0.05, 0) is 38.7 Å². The summed E-state index contributed by atoms with van der Waals surface area (Å²) in [6, 6.07) is 0. The van der Waals surface area contributed by atoms with Gasteiger partial charge in [0.25, 0.3) is 0 Å². The standard InChI is InChI=1S/C13H24O4/c1-6-8-10-11(9-7-2)12(14)15-17-16-13(3,4)5/h7,11H,2,6,8-10H2,1,3-5H3. The van der Waals surface area contributed by atoms with Gasteiger partial charge < -0.3 is 0 Å². The van der Waals surface area contributed by atoms with E-state index < -0.39 is 11.6 Å². The predicted octanol–water partition coefficient (Wildman–Crippen LogP) is 3.57. The van der Waals surface area contributed by atoms with Gasteiger partial charge in [0.05, 0.1) is 11.5 Å². The van der Waals surface area contributed by atoms with Crippen LogP contribution in [0.3, 0.4) is 0 Å². The van der Waals surface area contributed by atoms with E-state index in [2.05, 4.69) is 23.4 Å². The van der Waals surface area contributed by atoms with Crippen LogP contribution in [0.15, 0.2) is 12.7 Å². The van der Waals surface area contributed by atoms with Gasteiger partial charge in [0.15, 0.2) is 0 Å². The molecule has 0 rings (SSSR count). The molecule has 100 valence electrons. The van der Waals surface area contributed by atoms with E-state index in [0.29, 0.717) is 6.42 Å². The molecule has 0 aromatic heterocycles. The van der Waals surface area contributed by atoms with Crippen molar-refractivity contribution in [3.63, 3.8) is 0 Å². The highest BCUT2D eigenvalue weighted by molar-refractivity contribution is 5.71. The van der Waals surface area contributed by atoms with Crippen LogP contribution in [0.2, 0.25) is 0 Å². The second-order valence-electron chi connectivity index (χ2n) is 5.03. The highest BCUT2D eigenvalue weighted by Gasteiger charge is 2.21. The van der Waals surface area contributed by atoms with E-state index in [1.807, 2.05) is 0 Å². The van der Waals surface area contributed by atoms with Gasteiger partial charge in [0.2, 0.25) is 0 Å². The average molecular weight is 244 g/mol. The minimum Gasteiger partial charge on any atom is -0.268 e. The molecule has 0 saturated heterocycles. The maximum absolute atomic E-state index is 11.6. The Morgan fingerprint density at radius 1 is 1.41 bits per heavy atom. The highest BCUT2D eigenvalue weighted by Crippen LogP contribution is 2.16. The molecule has 0 heterocycles. The van der Waals surface area contributed by atoms with Crippen molar-refractivity contribution in [2.75, 3.05) is 0 Å². The van der Waals surface area contributed by atoms with Crippen LogP contribution < -0.4 is 0 Å². The normalized spacial score (nSPS) is 13.2. The van der Waals surface area contributed by atoms with Gasteiger partial charge in [-0.2, -0.15) is 4.89 Å². The third kappa shape index (κ3) is 8.89. The summed E-state index contributed by atoms with van der Waals surface area (Å²) < 4.78 is 0. The Hall–Kier alpha value is -0.870. The van der Waals surface area contributed by atoms with Gasteiger partial charge in [-0.3, -0.25) is 4.89 Å². The number of hydrogen-bond acceptors (Lipinski definition) is 4. The number of rotatable bonds is 8. The molecule has 0 amide bonds. The number of carbonyl (C=O) groups is 1. The molecule has 0 aliphatic carbocycles. The van der Waals surface area contributed by atoms with E-state index >= 15 is 0 Å². The molecule has 1 unspecified atom stereocenters. The number of hydrogen-bond donors (Lipinski definition) is 0. The van der Waals surface area contributed by atoms with Crippen LogP contribution in [-0.4, -0.2) is 11.6 Å². The highest BCUT2D eigenvalue weighted by atomic mass is 17.5. The smallest absolute Gasteiger partial charge is 0.268 e. The molecular weight excluding hydrogens is 220 g/mol. The molecular formula is C13H24O4. The molecule has 0 radical (unpaired) electrons. The monoisotopic (exact) mass is 244 g/mol. The van der Waals surface area contributed by atoms with Gasteiger partial charge >= 0.3 is 5.97 Å². The maximum atomic E-state index is 11.6. The van der Waals surface area contributed by atoms with Crippen LogP contribution in [0.4, 0.5) is 0 Å². The second kappa shape index (κ2) is 8.25. The fraction of sp³-hybridized carbons (Fsp3) is 0.769. The molecule has 0 aliphatic heterocycles. The molecule has 0 spiro atoms. The van der Waals surface area contributed by atoms with Crippen LogP contribution in [0.5, 0.6) is 0 Å². The number of carbonyl (C=O) groups excluding carboxylic acids is 1. The van der Waals surface area contributed by atoms with Crippen LogP contribution in [0, 0.1) is 5.92 Å². The first-order valence-electron chi connectivity index (χ1n) is 6.07. The molecule has 0 bridgehead atoms. The quantitative estimate of drug-likeness (QED) is 0.372. The van der Waals surface area contributed by atoms with Gasteiger partial charge in [-0.15, -0.1) is 6.58 Å². The maximum Gasteiger partial charge on any atom is 0.349 e. The zero-order valence-electron chi connectivity index (χ0n) is 11.3. The number of allylic oxidation sites excluding steroid dienone is 1. The van der Waals surface area contributed by atoms with Crippen LogP contribution in [0.1, 0.15) is 53.4 Å². The average Bonchev–Trinajstić information content (AvgIpc) is 2.22. The molecule has 4 nitrogen and oxygen atoms in total. The fourth-order valence-electron chi connectivity index (χ4n) is 1.20. The van der Waals surface area contributed by atoms with Crippen LogP contribution in [0.25, 0.3) is 0 Å². The third-order valence-electron chi connectivity index (χ3n) is 2.09. The minimum atomic E-state index is -0.502. The number of unbranched alkanes of at least 4 members (excludes halogenated alkanes) is 1. The molecule has 0 N–H and O–H groups in total. The molecule has 4 heteroatoms. The van der Waals surface area contributed by atoms with Gasteiger partial charge in [0.1, 0.15) is 0 Å². The first-order chi connectivity index (χ1) is 7.90. The summed E-state index contributed by atoms with van der Waals surface area (Å²) in [5.74, 6) is -0.599. The Balaban J connectivity index is 4.00. The van der Waals surface area contributed by atoms with Gasteiger partial charge in [-0.1, -0.05) is 25.8 Å². The third-order valence-corrected chi connectivity index (χ3v) is 2.09. The topological polar surface area (TPSA) is 44.8 Å². The van der Waals surface area contributed by atoms with Gasteiger partial charge in [-0.25, -0.2) is 4.79 Å². The van der Waals surface area contributed by atoms with Crippen molar-refractivity contribution in [1.29, 1.82) is 0 Å². The van der Waals surface area contributed by atoms with Gasteiger partial charge in [0, 0.05) is 0 Å². The second-order valence-corrected chi connectivity index (χ2v) is 5.03. The van der Waals surface area contributed by atoms with Crippen molar-refractivity contribution in [2.45, 2.75) is 59.0 Å². The lowest BCUT2D eigenvalue weighted by atomic mass is 9.99. The molecule has 0 aromatic rings. The van der Waals surface area contributed by atoms with Crippen LogP contribution in [-0.2, 0) is 19.6 Å². The zero-order valence-corrected chi connectivity index (χ0v) is 11.3. The first kappa shape index (κ1) is 16.1. The summed E-state index contributed by atoms with van der Waals surface area (Å²) in [5, 5.41) is 4.48. The molecule has 0 aromatic carbocycles. The lowest BCUT2D eigenvalue weighted by Gasteiger charge is -2.17. The van der Waals surface area contributed by atoms with E-state index in [0.717, 1.165) is 19.3 Å². The zero-order chi connectivity index (χ0) is 13.3. The summed E-state index contributed by atoms with van der Waals surface area (Å²) >= 11 is 0. The van der Waals surface area contributed by atoms with E-state index in [4.69, 9.17) is 4.89 Å². The van der Waals surface area contributed by atoms with Crippen LogP contribution >= 0.6 is 0 Å². The largest absolute Gasteiger partial charge is 0.349 e. The lowest BCUT2D eigenvalue weighted by molar-refractivity contribution is -0.515. The SMILES string of the molecule is C=CCC(CCCC)C(=O)OOOC(C)(C)C. The molecule has 0 aliphatic rings. The Labute approximate surface area is 104 Å². The van der Waals surface area contributed by atoms with Crippen molar-refractivity contribution in [1.82, 2.24) is 0 Å². The first-order valence-corrected chi connectivity index (χ1v) is 6.07. The summed E-state index contributed by atoms with van der Waals surface area (Å²) in [6.07, 6.45) is 5.11. The summed E-state index contributed by atoms with van der Waals surface area (Å²) in [6.45, 7) is 11.1. The lowest BCUT2D eigenvalue weighted by Crippen LogP contribution is -2.23. The Bertz CT molecular complexity index is 230. The fourth-order valence-corrected chi connectivity index (χ4v) is 1.20. The molecule has 1 atom stereocenters. The Morgan fingerprint density at radius 2 is 2.06 bits per heavy atom. The Morgan fingerprint density at radius 3 is 2.53 bits per heavy atom. The van der Waals surface area contributed by atoms with Crippen molar-refractivity contribution in [2.24, 2.45) is 5.92 Å². The minimum absolute atomic E-state index is 0.198. The van der Waals surface area contributed by atoms with E-state index in [9.17, 15) is 4.79 Å². The summed E-state index contributed by atoms with van der Waals surface area (Å²) in [4.78, 5) is 21.1. The van der Waals surface area contributed by atoms with E-state index in [1.165, 1.54) is 0 Å². The van der Waals surface area contributed by atoms with Crippen molar-refractivity contribution in [3.05, 3.63) is 12.7 Å². The molecule has 0 fully saturated rings. The Kier molecular flexibility index (Phi) is 7.83. The van der Waals surface area contributed by atoms with E-state index in [1.54, 1.807) is 26.8 Å².